The molecule has 19 heavy (non-hydrogen) atoms. The van der Waals surface area contributed by atoms with Gasteiger partial charge in [0.05, 0.1) is 11.0 Å². The summed E-state index contributed by atoms with van der Waals surface area (Å²) >= 11 is 3.24. The summed E-state index contributed by atoms with van der Waals surface area (Å²) in [5.41, 5.74) is -0.839. The van der Waals surface area contributed by atoms with Crippen molar-refractivity contribution in [3.8, 4) is 0 Å². The Balaban J connectivity index is 2.22. The molecular weight excluding hydrogens is 315 g/mol. The molecule has 3 rings (SSSR count). The number of aliphatic hydroxyl groups is 1. The highest BCUT2D eigenvalue weighted by Gasteiger charge is 2.40. The van der Waals surface area contributed by atoms with Crippen molar-refractivity contribution in [3.63, 3.8) is 0 Å². The fourth-order valence-electron chi connectivity index (χ4n) is 2.65. The van der Waals surface area contributed by atoms with Crippen molar-refractivity contribution in [1.82, 2.24) is 9.55 Å². The topological polar surface area (TPSA) is 55.1 Å². The van der Waals surface area contributed by atoms with E-state index in [0.29, 0.717) is 28.3 Å². The van der Waals surface area contributed by atoms with Gasteiger partial charge >= 0.3 is 0 Å². The van der Waals surface area contributed by atoms with Crippen molar-refractivity contribution < 1.29 is 9.50 Å². The van der Waals surface area contributed by atoms with E-state index in [1.807, 2.05) is 0 Å². The van der Waals surface area contributed by atoms with Gasteiger partial charge in [0.15, 0.2) is 0 Å². The van der Waals surface area contributed by atoms with Crippen LogP contribution in [0.3, 0.4) is 0 Å². The van der Waals surface area contributed by atoms with Gasteiger partial charge in [-0.1, -0.05) is 0 Å². The predicted molar refractivity (Wildman–Crippen MR) is 72.6 cm³/mol. The number of aromatic nitrogens is 2. The number of fused-ring (bicyclic) bond motifs is 1. The average Bonchev–Trinajstić information content (AvgIpc) is 2.27. The summed E-state index contributed by atoms with van der Waals surface area (Å²) in [6, 6.07) is 2.45. The zero-order chi connectivity index (χ0) is 13.8. The number of nitrogens with zero attached hydrogens (tertiary/aromatic N) is 2. The number of hydrogen-bond acceptors (Lipinski definition) is 3. The smallest absolute Gasteiger partial charge is 0.255 e. The van der Waals surface area contributed by atoms with Crippen molar-refractivity contribution in [2.45, 2.75) is 31.4 Å². The number of hydrogen-bond donors (Lipinski definition) is 1. The molecule has 2 aromatic heterocycles. The molecule has 100 valence electrons. The minimum atomic E-state index is -0.750. The Kier molecular flexibility index (Phi) is 2.76. The van der Waals surface area contributed by atoms with E-state index >= 15 is 0 Å². The van der Waals surface area contributed by atoms with Crippen LogP contribution in [0.25, 0.3) is 11.0 Å². The molecule has 0 spiro atoms. The summed E-state index contributed by atoms with van der Waals surface area (Å²) in [5, 5.41) is 10.1. The van der Waals surface area contributed by atoms with Crippen molar-refractivity contribution in [3.05, 3.63) is 39.0 Å². The monoisotopic (exact) mass is 326 g/mol. The van der Waals surface area contributed by atoms with E-state index in [4.69, 9.17) is 0 Å². The molecular formula is C13H12BrFN2O2. The summed E-state index contributed by atoms with van der Waals surface area (Å²) in [7, 11) is 0. The molecule has 0 aliphatic heterocycles. The van der Waals surface area contributed by atoms with Gasteiger partial charge in [-0.3, -0.25) is 9.36 Å². The van der Waals surface area contributed by atoms with Gasteiger partial charge in [0, 0.05) is 22.8 Å². The second kappa shape index (κ2) is 4.11. The molecule has 1 aliphatic rings. The molecule has 0 saturated heterocycles. The van der Waals surface area contributed by atoms with E-state index in [-0.39, 0.29) is 6.04 Å². The van der Waals surface area contributed by atoms with Gasteiger partial charge in [-0.25, -0.2) is 9.37 Å². The van der Waals surface area contributed by atoms with E-state index in [1.54, 1.807) is 13.0 Å². The third-order valence-electron chi connectivity index (χ3n) is 3.52. The molecule has 4 nitrogen and oxygen atoms in total. The van der Waals surface area contributed by atoms with Crippen molar-refractivity contribution in [2.75, 3.05) is 0 Å². The minimum absolute atomic E-state index is 0.126. The summed E-state index contributed by atoms with van der Waals surface area (Å²) in [6.07, 6.45) is 2.49. The van der Waals surface area contributed by atoms with Gasteiger partial charge in [-0.05, 0) is 41.8 Å². The van der Waals surface area contributed by atoms with Crippen LogP contribution in [0, 0.1) is 5.82 Å². The third kappa shape index (κ3) is 2.08. The van der Waals surface area contributed by atoms with E-state index in [0.717, 1.165) is 6.07 Å². The molecule has 6 heteroatoms. The Morgan fingerprint density at radius 1 is 1.53 bits per heavy atom. The normalized spacial score (nSPS) is 26.4. The fourth-order valence-corrected chi connectivity index (χ4v) is 2.98. The Bertz CT molecular complexity index is 718. The van der Waals surface area contributed by atoms with Crippen molar-refractivity contribution in [2.24, 2.45) is 0 Å². The van der Waals surface area contributed by atoms with E-state index in [1.165, 1.54) is 10.8 Å². The zero-order valence-electron chi connectivity index (χ0n) is 10.2. The summed E-state index contributed by atoms with van der Waals surface area (Å²) < 4.78 is 16.0. The Labute approximate surface area is 117 Å². The zero-order valence-corrected chi connectivity index (χ0v) is 11.8. The lowest BCUT2D eigenvalue weighted by Gasteiger charge is -2.41. The second-order valence-electron chi connectivity index (χ2n) is 5.28. The first-order valence-electron chi connectivity index (χ1n) is 5.96. The maximum atomic E-state index is 13.8. The molecule has 0 amide bonds. The number of pyridine rings is 2. The Morgan fingerprint density at radius 3 is 2.84 bits per heavy atom. The Hall–Kier alpha value is -1.27. The van der Waals surface area contributed by atoms with Crippen LogP contribution in [-0.4, -0.2) is 20.3 Å². The SMILES string of the molecule is CC1(O)CC(n2c(=O)cc(F)c3cc(Br)cnc32)C1. The maximum Gasteiger partial charge on any atom is 0.255 e. The minimum Gasteiger partial charge on any atom is -0.390 e. The highest BCUT2D eigenvalue weighted by atomic mass is 79.9. The highest BCUT2D eigenvalue weighted by molar-refractivity contribution is 9.10. The van der Waals surface area contributed by atoms with E-state index in [9.17, 15) is 14.3 Å². The number of halogens is 2. The van der Waals surface area contributed by atoms with Crippen LogP contribution in [0.2, 0.25) is 0 Å². The molecule has 0 atom stereocenters. The molecule has 2 heterocycles. The molecule has 1 saturated carbocycles. The van der Waals surface area contributed by atoms with Crippen molar-refractivity contribution >= 4 is 27.0 Å². The largest absolute Gasteiger partial charge is 0.390 e. The predicted octanol–water partition coefficient (Wildman–Crippen LogP) is 2.38. The fraction of sp³-hybridized carbons (Fsp3) is 0.385. The van der Waals surface area contributed by atoms with Crippen LogP contribution in [0.15, 0.2) is 27.6 Å². The van der Waals surface area contributed by atoms with Gasteiger partial charge in [0.25, 0.3) is 5.56 Å². The van der Waals surface area contributed by atoms with Gasteiger partial charge in [0.1, 0.15) is 11.5 Å². The van der Waals surface area contributed by atoms with Gasteiger partial charge in [0.2, 0.25) is 0 Å². The lowest BCUT2D eigenvalue weighted by Crippen LogP contribution is -2.45. The molecule has 2 aromatic rings. The molecule has 1 N–H and O–H groups in total. The first kappa shape index (κ1) is 12.7. The molecule has 0 radical (unpaired) electrons. The maximum absolute atomic E-state index is 13.8. The summed E-state index contributed by atoms with van der Waals surface area (Å²) in [4.78, 5) is 16.1. The molecule has 1 fully saturated rings. The quantitative estimate of drug-likeness (QED) is 0.875. The average molecular weight is 327 g/mol. The molecule has 0 bridgehead atoms. The lowest BCUT2D eigenvalue weighted by molar-refractivity contribution is -0.0507. The van der Waals surface area contributed by atoms with Crippen LogP contribution in [-0.2, 0) is 0 Å². The van der Waals surface area contributed by atoms with Crippen LogP contribution in [0.5, 0.6) is 0 Å². The number of rotatable bonds is 1. The standard InChI is InChI=1S/C13H12BrFN2O2/c1-13(19)4-8(5-13)17-11(18)3-10(15)9-2-7(14)6-16-12(9)17/h2-3,6,8,19H,4-5H2,1H3. The van der Waals surface area contributed by atoms with Crippen LogP contribution in [0.1, 0.15) is 25.8 Å². The van der Waals surface area contributed by atoms with Gasteiger partial charge in [-0.15, -0.1) is 0 Å². The molecule has 0 aromatic carbocycles. The summed E-state index contributed by atoms with van der Waals surface area (Å²) in [5.74, 6) is -0.573. The van der Waals surface area contributed by atoms with Crippen LogP contribution in [0.4, 0.5) is 4.39 Å². The van der Waals surface area contributed by atoms with Gasteiger partial charge < -0.3 is 5.11 Å². The van der Waals surface area contributed by atoms with Gasteiger partial charge in [-0.2, -0.15) is 0 Å². The van der Waals surface area contributed by atoms with Crippen LogP contribution < -0.4 is 5.56 Å². The van der Waals surface area contributed by atoms with Crippen molar-refractivity contribution in [1.29, 1.82) is 0 Å². The van der Waals surface area contributed by atoms with Crippen LogP contribution >= 0.6 is 15.9 Å². The lowest BCUT2D eigenvalue weighted by atomic mass is 9.77. The molecule has 1 aliphatic carbocycles. The van der Waals surface area contributed by atoms with E-state index in [2.05, 4.69) is 20.9 Å². The van der Waals surface area contributed by atoms with E-state index < -0.39 is 17.0 Å². The second-order valence-corrected chi connectivity index (χ2v) is 6.20. The molecule has 0 unspecified atom stereocenters. The first-order valence-corrected chi connectivity index (χ1v) is 6.75. The Morgan fingerprint density at radius 2 is 2.21 bits per heavy atom. The third-order valence-corrected chi connectivity index (χ3v) is 3.96. The first-order chi connectivity index (χ1) is 8.87. The highest BCUT2D eigenvalue weighted by Crippen LogP contribution is 2.41. The summed E-state index contributed by atoms with van der Waals surface area (Å²) in [6.45, 7) is 1.73.